The zero-order chi connectivity index (χ0) is 20.2. The minimum absolute atomic E-state index is 0.108. The van der Waals surface area contributed by atoms with Crippen LogP contribution in [-0.4, -0.2) is 28.2 Å². The number of aryl methyl sites for hydroxylation is 1. The molecule has 0 aliphatic heterocycles. The van der Waals surface area contributed by atoms with Gasteiger partial charge < -0.3 is 18.4 Å². The Morgan fingerprint density at radius 1 is 1.03 bits per heavy atom. The van der Waals surface area contributed by atoms with Crippen molar-refractivity contribution in [3.05, 3.63) is 71.9 Å². The van der Waals surface area contributed by atoms with Gasteiger partial charge in [0.05, 0.1) is 7.11 Å². The molecule has 4 rings (SSSR count). The molecule has 29 heavy (non-hydrogen) atoms. The molecular weight excluding hydrogens is 374 g/mol. The Hall–Kier alpha value is -3.94. The average molecular weight is 391 g/mol. The van der Waals surface area contributed by atoms with Crippen LogP contribution in [0.4, 0.5) is 0 Å². The fraction of sp³-hybridized carbons (Fsp3) is 0.143. The molecule has 2 aromatic carbocycles. The molecule has 0 bridgehead atoms. The van der Waals surface area contributed by atoms with Crippen molar-refractivity contribution in [3.8, 4) is 28.6 Å². The number of methoxy groups -OCH3 is 1. The van der Waals surface area contributed by atoms with Crippen LogP contribution in [0, 0.1) is 6.92 Å². The van der Waals surface area contributed by atoms with Gasteiger partial charge in [-0.2, -0.15) is 4.98 Å². The van der Waals surface area contributed by atoms with Crippen LogP contribution in [0.2, 0.25) is 0 Å². The maximum Gasteiger partial charge on any atom is 0.361 e. The molecule has 146 valence electrons. The summed E-state index contributed by atoms with van der Waals surface area (Å²) in [5, 5.41) is 3.91. The topological polar surface area (TPSA) is 100 Å². The Bertz CT molecular complexity index is 1130. The summed E-state index contributed by atoms with van der Waals surface area (Å²) in [4.78, 5) is 20.9. The first-order chi connectivity index (χ1) is 14.1. The van der Waals surface area contributed by atoms with Gasteiger partial charge in [0.2, 0.25) is 11.7 Å². The molecule has 8 heteroatoms. The van der Waals surface area contributed by atoms with E-state index >= 15 is 0 Å². The van der Waals surface area contributed by atoms with Gasteiger partial charge in [-0.25, -0.2) is 9.78 Å². The number of aromatic nitrogens is 3. The smallest absolute Gasteiger partial charge is 0.361 e. The molecule has 2 aromatic heterocycles. The molecule has 4 aromatic rings. The highest BCUT2D eigenvalue weighted by atomic mass is 16.6. The second kappa shape index (κ2) is 7.97. The molecule has 0 radical (unpaired) electrons. The number of carbonyl (C=O) groups excluding carboxylic acids is 1. The molecule has 0 spiro atoms. The lowest BCUT2D eigenvalue weighted by Gasteiger charge is -2.00. The summed E-state index contributed by atoms with van der Waals surface area (Å²) < 4.78 is 21.2. The highest BCUT2D eigenvalue weighted by molar-refractivity contribution is 5.88. The summed E-state index contributed by atoms with van der Waals surface area (Å²) in [5.74, 6) is 1.31. The predicted molar refractivity (Wildman–Crippen MR) is 102 cm³/mol. The molecule has 0 fully saturated rings. The highest BCUT2D eigenvalue weighted by Gasteiger charge is 2.20. The molecule has 0 N–H and O–H groups in total. The van der Waals surface area contributed by atoms with Crippen molar-refractivity contribution in [3.63, 3.8) is 0 Å². The van der Waals surface area contributed by atoms with Gasteiger partial charge in [-0.1, -0.05) is 35.5 Å². The number of esters is 1. The Kier molecular flexibility index (Phi) is 5.07. The van der Waals surface area contributed by atoms with E-state index in [-0.39, 0.29) is 18.2 Å². The summed E-state index contributed by atoms with van der Waals surface area (Å²) >= 11 is 0. The molecule has 0 aliphatic rings. The van der Waals surface area contributed by atoms with Crippen LogP contribution in [0.15, 0.2) is 63.5 Å². The first kappa shape index (κ1) is 18.4. The van der Waals surface area contributed by atoms with Crippen LogP contribution in [-0.2, 0) is 11.3 Å². The Morgan fingerprint density at radius 3 is 2.62 bits per heavy atom. The van der Waals surface area contributed by atoms with E-state index in [9.17, 15) is 4.79 Å². The van der Waals surface area contributed by atoms with E-state index in [1.54, 1.807) is 20.1 Å². The average Bonchev–Trinajstić information content (AvgIpc) is 3.39. The molecular formula is C21H17N3O5. The van der Waals surface area contributed by atoms with Crippen molar-refractivity contribution in [1.29, 1.82) is 0 Å². The predicted octanol–water partition coefficient (Wildman–Crippen LogP) is 4.07. The Morgan fingerprint density at radius 2 is 1.83 bits per heavy atom. The van der Waals surface area contributed by atoms with Crippen LogP contribution < -0.4 is 4.74 Å². The lowest BCUT2D eigenvalue weighted by Crippen LogP contribution is -2.07. The maximum atomic E-state index is 12.4. The molecule has 0 saturated carbocycles. The van der Waals surface area contributed by atoms with E-state index < -0.39 is 5.97 Å². The fourth-order valence-electron chi connectivity index (χ4n) is 2.68. The Labute approximate surface area is 166 Å². The molecule has 8 nitrogen and oxygen atoms in total. The van der Waals surface area contributed by atoms with Crippen molar-refractivity contribution < 1.29 is 23.2 Å². The Balaban J connectivity index is 1.44. The third-order valence-corrected chi connectivity index (χ3v) is 4.13. The summed E-state index contributed by atoms with van der Waals surface area (Å²) in [6.07, 6.45) is 0. The number of oxazole rings is 1. The van der Waals surface area contributed by atoms with Crippen LogP contribution in [0.3, 0.4) is 0 Å². The number of benzene rings is 2. The minimum atomic E-state index is -0.630. The number of hydrogen-bond donors (Lipinski definition) is 0. The van der Waals surface area contributed by atoms with E-state index in [4.69, 9.17) is 18.4 Å². The summed E-state index contributed by atoms with van der Waals surface area (Å²) in [6, 6.07) is 16.6. The molecule has 2 heterocycles. The molecule has 0 atom stereocenters. The van der Waals surface area contributed by atoms with Crippen LogP contribution in [0.5, 0.6) is 5.75 Å². The first-order valence-corrected chi connectivity index (χ1v) is 8.81. The van der Waals surface area contributed by atoms with E-state index in [1.807, 2.05) is 48.5 Å². The van der Waals surface area contributed by atoms with Gasteiger partial charge in [0.15, 0.2) is 12.3 Å². The summed E-state index contributed by atoms with van der Waals surface area (Å²) in [5.41, 5.74) is 1.61. The normalized spacial score (nSPS) is 10.7. The number of carbonyl (C=O) groups is 1. The van der Waals surface area contributed by atoms with E-state index in [0.29, 0.717) is 23.2 Å². The first-order valence-electron chi connectivity index (χ1n) is 8.81. The van der Waals surface area contributed by atoms with Crippen molar-refractivity contribution in [2.45, 2.75) is 13.5 Å². The van der Waals surface area contributed by atoms with Crippen LogP contribution in [0.25, 0.3) is 22.8 Å². The van der Waals surface area contributed by atoms with Crippen molar-refractivity contribution in [2.75, 3.05) is 7.11 Å². The van der Waals surface area contributed by atoms with Gasteiger partial charge in [0.25, 0.3) is 5.89 Å². The maximum absolute atomic E-state index is 12.4. The molecule has 0 saturated heterocycles. The van der Waals surface area contributed by atoms with Crippen molar-refractivity contribution in [1.82, 2.24) is 15.1 Å². The lowest BCUT2D eigenvalue weighted by molar-refractivity contribution is 0.0421. The van der Waals surface area contributed by atoms with Crippen molar-refractivity contribution >= 4 is 5.97 Å². The van der Waals surface area contributed by atoms with Crippen molar-refractivity contribution in [2.24, 2.45) is 0 Å². The van der Waals surface area contributed by atoms with E-state index in [2.05, 4.69) is 15.1 Å². The second-order valence-electron chi connectivity index (χ2n) is 6.11. The van der Waals surface area contributed by atoms with Gasteiger partial charge in [-0.3, -0.25) is 0 Å². The molecule has 0 amide bonds. The highest BCUT2D eigenvalue weighted by Crippen LogP contribution is 2.23. The van der Waals surface area contributed by atoms with Crippen LogP contribution >= 0.6 is 0 Å². The minimum Gasteiger partial charge on any atom is -0.497 e. The van der Waals surface area contributed by atoms with E-state index in [0.717, 1.165) is 11.1 Å². The van der Waals surface area contributed by atoms with Gasteiger partial charge >= 0.3 is 5.97 Å². The SMILES string of the molecule is COc1cccc(-c2noc(COC(=O)c3nc(-c4ccccc4)oc3C)n2)c1. The summed E-state index contributed by atoms with van der Waals surface area (Å²) in [6.45, 7) is 1.48. The fourth-order valence-corrected chi connectivity index (χ4v) is 2.68. The quantitative estimate of drug-likeness (QED) is 0.454. The van der Waals surface area contributed by atoms with Gasteiger partial charge in [0.1, 0.15) is 11.5 Å². The second-order valence-corrected chi connectivity index (χ2v) is 6.11. The largest absolute Gasteiger partial charge is 0.497 e. The third-order valence-electron chi connectivity index (χ3n) is 4.13. The number of nitrogens with zero attached hydrogens (tertiary/aromatic N) is 3. The zero-order valence-electron chi connectivity index (χ0n) is 15.8. The number of hydrogen-bond acceptors (Lipinski definition) is 8. The van der Waals surface area contributed by atoms with Gasteiger partial charge in [-0.15, -0.1) is 0 Å². The monoisotopic (exact) mass is 391 g/mol. The van der Waals surface area contributed by atoms with Crippen LogP contribution in [0.1, 0.15) is 22.1 Å². The summed E-state index contributed by atoms with van der Waals surface area (Å²) in [7, 11) is 1.58. The molecule has 0 aliphatic carbocycles. The molecule has 0 unspecified atom stereocenters. The van der Waals surface area contributed by atoms with Gasteiger partial charge in [-0.05, 0) is 31.2 Å². The van der Waals surface area contributed by atoms with E-state index in [1.165, 1.54) is 0 Å². The third kappa shape index (κ3) is 4.01. The number of ether oxygens (including phenoxy) is 2. The standard InChI is InChI=1S/C21H17N3O5/c1-13-18(23-20(28-13)14-7-4-3-5-8-14)21(25)27-12-17-22-19(24-29-17)15-9-6-10-16(11-15)26-2/h3-11H,12H2,1-2H3. The number of rotatable bonds is 6. The lowest BCUT2D eigenvalue weighted by atomic mass is 10.2. The van der Waals surface area contributed by atoms with Gasteiger partial charge in [0, 0.05) is 11.1 Å². The zero-order valence-corrected chi connectivity index (χ0v) is 15.8.